The third-order valence-corrected chi connectivity index (χ3v) is 5.61. The lowest BCUT2D eigenvalue weighted by Gasteiger charge is -2.26. The highest BCUT2D eigenvalue weighted by atomic mass is 16.5. The minimum Gasteiger partial charge on any atom is -0.464 e. The Labute approximate surface area is 168 Å². The molecule has 0 amide bonds. The highest BCUT2D eigenvalue weighted by Gasteiger charge is 2.25. The maximum Gasteiger partial charge on any atom is 0.238 e. The van der Waals surface area contributed by atoms with E-state index in [1.165, 1.54) is 17.7 Å². The van der Waals surface area contributed by atoms with Gasteiger partial charge in [0.05, 0.1) is 40.9 Å². The first kappa shape index (κ1) is 16.4. The summed E-state index contributed by atoms with van der Waals surface area (Å²) in [6, 6.07) is 14.2. The number of aromatic nitrogens is 4. The Bertz CT molecular complexity index is 1240. The fourth-order valence-corrected chi connectivity index (χ4v) is 4.07. The van der Waals surface area contributed by atoms with Crippen LogP contribution >= 0.6 is 0 Å². The number of rotatable bonds is 2. The fourth-order valence-electron chi connectivity index (χ4n) is 4.07. The lowest BCUT2D eigenvalue weighted by Crippen LogP contribution is -2.25. The zero-order chi connectivity index (χ0) is 19.2. The minimum atomic E-state index is -0.132. The molecule has 4 aromatic rings. The number of para-hydroxylation sites is 2. The van der Waals surface area contributed by atoms with Gasteiger partial charge in [0.25, 0.3) is 0 Å². The number of nitrogens with one attached hydrogen (secondary N) is 1. The Kier molecular flexibility index (Phi) is 3.69. The lowest BCUT2D eigenvalue weighted by molar-refractivity contribution is 0.196. The summed E-state index contributed by atoms with van der Waals surface area (Å²) in [7, 11) is 0. The molecule has 1 unspecified atom stereocenters. The third kappa shape index (κ3) is 2.88. The zero-order valence-corrected chi connectivity index (χ0v) is 15.8. The van der Waals surface area contributed by atoms with Gasteiger partial charge in [-0.15, -0.1) is 0 Å². The molecule has 2 aliphatic rings. The van der Waals surface area contributed by atoms with Crippen LogP contribution in [0.4, 0.5) is 5.69 Å². The van der Waals surface area contributed by atoms with Crippen molar-refractivity contribution < 1.29 is 4.74 Å². The van der Waals surface area contributed by atoms with Crippen LogP contribution in [0, 0.1) is 0 Å². The summed E-state index contributed by atoms with van der Waals surface area (Å²) in [5.41, 5.74) is 7.88. The van der Waals surface area contributed by atoms with Crippen molar-refractivity contribution in [2.45, 2.75) is 25.4 Å². The predicted octanol–water partition coefficient (Wildman–Crippen LogP) is 4.12. The van der Waals surface area contributed by atoms with Gasteiger partial charge in [-0.2, -0.15) is 0 Å². The molecular weight excluding hydrogens is 362 g/mol. The number of pyridine rings is 2. The van der Waals surface area contributed by atoms with Crippen molar-refractivity contribution in [3.05, 3.63) is 71.8 Å². The molecule has 4 heterocycles. The second-order valence-electron chi connectivity index (χ2n) is 7.50. The molecule has 1 aromatic carbocycles. The fraction of sp³-hybridized carbons (Fsp3) is 0.217. The molecular formula is C23H19N5O. The summed E-state index contributed by atoms with van der Waals surface area (Å²) in [6.45, 7) is 0.660. The molecule has 1 aliphatic carbocycles. The molecule has 1 atom stereocenters. The van der Waals surface area contributed by atoms with Gasteiger partial charge in [-0.1, -0.05) is 18.2 Å². The average Bonchev–Trinajstić information content (AvgIpc) is 3.26. The Morgan fingerprint density at radius 1 is 0.931 bits per heavy atom. The monoisotopic (exact) mass is 381 g/mol. The van der Waals surface area contributed by atoms with E-state index < -0.39 is 0 Å². The molecule has 0 fully saturated rings. The summed E-state index contributed by atoms with van der Waals surface area (Å²) in [4.78, 5) is 18.6. The SMILES string of the molecule is c1ccc2nc(-c3cnc4c(c3)NCC(c3ccc5c(n3)CCC5)O4)cnc2c1. The smallest absolute Gasteiger partial charge is 0.238 e. The van der Waals surface area contributed by atoms with Crippen LogP contribution in [0.5, 0.6) is 5.88 Å². The van der Waals surface area contributed by atoms with Crippen LogP contribution in [0.2, 0.25) is 0 Å². The van der Waals surface area contributed by atoms with Gasteiger partial charge < -0.3 is 10.1 Å². The van der Waals surface area contributed by atoms with Gasteiger partial charge in [-0.25, -0.2) is 9.97 Å². The van der Waals surface area contributed by atoms with Gasteiger partial charge >= 0.3 is 0 Å². The minimum absolute atomic E-state index is 0.132. The number of nitrogens with zero attached hydrogens (tertiary/aromatic N) is 4. The molecule has 6 heteroatoms. The molecule has 0 spiro atoms. The van der Waals surface area contributed by atoms with E-state index in [1.807, 2.05) is 30.3 Å². The largest absolute Gasteiger partial charge is 0.464 e. The summed E-state index contributed by atoms with van der Waals surface area (Å²) < 4.78 is 6.17. The van der Waals surface area contributed by atoms with E-state index in [9.17, 15) is 0 Å². The lowest BCUT2D eigenvalue weighted by atomic mass is 10.1. The van der Waals surface area contributed by atoms with E-state index in [1.54, 1.807) is 12.4 Å². The summed E-state index contributed by atoms with van der Waals surface area (Å²) in [5.74, 6) is 0.598. The molecule has 6 rings (SSSR count). The molecule has 0 bridgehead atoms. The highest BCUT2D eigenvalue weighted by Crippen LogP contribution is 2.35. The van der Waals surface area contributed by atoms with Gasteiger partial charge in [0, 0.05) is 17.5 Å². The van der Waals surface area contributed by atoms with Crippen molar-refractivity contribution in [1.29, 1.82) is 0 Å². The third-order valence-electron chi connectivity index (χ3n) is 5.61. The van der Waals surface area contributed by atoms with E-state index in [0.717, 1.165) is 46.5 Å². The maximum absolute atomic E-state index is 6.17. The summed E-state index contributed by atoms with van der Waals surface area (Å²) in [6.07, 6.45) is 6.84. The Hall–Kier alpha value is -3.54. The Morgan fingerprint density at radius 3 is 2.83 bits per heavy atom. The number of anilines is 1. The van der Waals surface area contributed by atoms with E-state index in [2.05, 4.69) is 27.4 Å². The molecule has 1 aliphatic heterocycles. The van der Waals surface area contributed by atoms with Crippen molar-refractivity contribution in [1.82, 2.24) is 19.9 Å². The van der Waals surface area contributed by atoms with Crippen molar-refractivity contribution in [2.24, 2.45) is 0 Å². The molecule has 29 heavy (non-hydrogen) atoms. The van der Waals surface area contributed by atoms with Crippen LogP contribution in [0.15, 0.2) is 54.9 Å². The average molecular weight is 381 g/mol. The normalized spacial score (nSPS) is 17.3. The first-order valence-electron chi connectivity index (χ1n) is 9.95. The zero-order valence-electron chi connectivity index (χ0n) is 15.8. The van der Waals surface area contributed by atoms with E-state index >= 15 is 0 Å². The van der Waals surface area contributed by atoms with E-state index in [-0.39, 0.29) is 6.10 Å². The van der Waals surface area contributed by atoms with Crippen LogP contribution in [0.1, 0.15) is 29.5 Å². The summed E-state index contributed by atoms with van der Waals surface area (Å²) >= 11 is 0. The van der Waals surface area contributed by atoms with Gasteiger partial charge in [-0.3, -0.25) is 9.97 Å². The standard InChI is InChI=1S/C23H19N5O/c1-2-6-18-17(5-1)24-12-21(28-18)15-10-20-23(26-11-15)29-22(13-25-20)19-9-8-14-4-3-7-16(14)27-19/h1-2,5-6,8-12,22,25H,3-4,7,13H2. The first-order valence-corrected chi connectivity index (χ1v) is 9.95. The van der Waals surface area contributed by atoms with E-state index in [0.29, 0.717) is 12.4 Å². The second-order valence-corrected chi connectivity index (χ2v) is 7.50. The number of ether oxygens (including phenoxy) is 1. The molecule has 1 N–H and O–H groups in total. The van der Waals surface area contributed by atoms with Crippen molar-refractivity contribution >= 4 is 16.7 Å². The summed E-state index contributed by atoms with van der Waals surface area (Å²) in [5, 5.41) is 3.45. The Morgan fingerprint density at radius 2 is 1.86 bits per heavy atom. The van der Waals surface area contributed by atoms with Gasteiger partial charge in [0.1, 0.15) is 0 Å². The van der Waals surface area contributed by atoms with Crippen molar-refractivity contribution in [2.75, 3.05) is 11.9 Å². The number of fused-ring (bicyclic) bond motifs is 3. The van der Waals surface area contributed by atoms with Crippen molar-refractivity contribution in [3.63, 3.8) is 0 Å². The number of hydrogen-bond donors (Lipinski definition) is 1. The number of aryl methyl sites for hydroxylation is 2. The van der Waals surface area contributed by atoms with Gasteiger partial charge in [-0.05, 0) is 49.1 Å². The maximum atomic E-state index is 6.17. The van der Waals surface area contributed by atoms with Crippen LogP contribution in [-0.4, -0.2) is 26.5 Å². The molecule has 0 saturated heterocycles. The van der Waals surface area contributed by atoms with Gasteiger partial charge in [0.2, 0.25) is 5.88 Å². The van der Waals surface area contributed by atoms with Crippen LogP contribution in [-0.2, 0) is 12.8 Å². The molecule has 142 valence electrons. The number of hydrogen-bond acceptors (Lipinski definition) is 6. The topological polar surface area (TPSA) is 72.8 Å². The molecule has 6 nitrogen and oxygen atoms in total. The van der Waals surface area contributed by atoms with Crippen LogP contribution in [0.3, 0.4) is 0 Å². The van der Waals surface area contributed by atoms with Crippen molar-refractivity contribution in [3.8, 4) is 17.1 Å². The van der Waals surface area contributed by atoms with Crippen LogP contribution < -0.4 is 10.1 Å². The first-order chi connectivity index (χ1) is 14.3. The molecule has 0 radical (unpaired) electrons. The highest BCUT2D eigenvalue weighted by molar-refractivity contribution is 5.77. The van der Waals surface area contributed by atoms with Crippen LogP contribution in [0.25, 0.3) is 22.3 Å². The number of benzene rings is 1. The second kappa shape index (κ2) is 6.51. The Balaban J connectivity index is 1.29. The predicted molar refractivity (Wildman–Crippen MR) is 111 cm³/mol. The van der Waals surface area contributed by atoms with E-state index in [4.69, 9.17) is 14.7 Å². The molecule has 3 aromatic heterocycles. The molecule has 0 saturated carbocycles. The van der Waals surface area contributed by atoms with Gasteiger partial charge in [0.15, 0.2) is 6.10 Å². The quantitative estimate of drug-likeness (QED) is 0.563.